The Hall–Kier alpha value is 0.335. The van der Waals surface area contributed by atoms with Gasteiger partial charge in [0.2, 0.25) is 0 Å². The molecule has 60 valence electrons. The Morgan fingerprint density at radius 1 is 1.60 bits per heavy atom. The SMILES string of the molecule is CCCCPOB(O)OO. The van der Waals surface area contributed by atoms with Gasteiger partial charge in [-0.15, -0.1) is 0 Å². The molecule has 0 fully saturated rings. The standard InChI is InChI=1S/C4H12BO4P/c1-2-3-4-10-9-5(6)8-7/h6-7,10H,2-4H2,1H3. The lowest BCUT2D eigenvalue weighted by molar-refractivity contribution is -0.170. The van der Waals surface area contributed by atoms with Crippen LogP contribution >= 0.6 is 8.81 Å². The van der Waals surface area contributed by atoms with Crippen molar-refractivity contribution in [3.8, 4) is 0 Å². The number of unbranched alkanes of at least 4 members (excludes halogenated alkanes) is 1. The summed E-state index contributed by atoms with van der Waals surface area (Å²) in [5.74, 6) is 0. The quantitative estimate of drug-likeness (QED) is 0.202. The summed E-state index contributed by atoms with van der Waals surface area (Å²) in [6, 6.07) is 0. The van der Waals surface area contributed by atoms with Crippen molar-refractivity contribution in [2.45, 2.75) is 19.8 Å². The Bertz CT molecular complexity index is 74.3. The lowest BCUT2D eigenvalue weighted by atomic mass is 10.3. The molecule has 0 aromatic rings. The van der Waals surface area contributed by atoms with Gasteiger partial charge in [0.15, 0.2) is 0 Å². The van der Waals surface area contributed by atoms with E-state index in [0.717, 1.165) is 19.0 Å². The molecule has 6 heteroatoms. The van der Waals surface area contributed by atoms with Crippen LogP contribution in [-0.4, -0.2) is 23.8 Å². The third-order valence-corrected chi connectivity index (χ3v) is 1.83. The van der Waals surface area contributed by atoms with Crippen molar-refractivity contribution >= 4 is 16.1 Å². The average molecular weight is 166 g/mol. The van der Waals surface area contributed by atoms with Crippen LogP contribution in [0.1, 0.15) is 19.8 Å². The van der Waals surface area contributed by atoms with Gasteiger partial charge in [0.25, 0.3) is 0 Å². The third kappa shape index (κ3) is 6.45. The van der Waals surface area contributed by atoms with Crippen LogP contribution in [0.2, 0.25) is 0 Å². The van der Waals surface area contributed by atoms with Crippen LogP contribution in [0.3, 0.4) is 0 Å². The molecule has 0 saturated carbocycles. The molecule has 0 aliphatic rings. The van der Waals surface area contributed by atoms with Crippen LogP contribution in [0.15, 0.2) is 0 Å². The molecular weight excluding hydrogens is 154 g/mol. The van der Waals surface area contributed by atoms with Crippen LogP contribution in [0, 0.1) is 0 Å². The predicted octanol–water partition coefficient (Wildman–Crippen LogP) is 0.863. The van der Waals surface area contributed by atoms with Gasteiger partial charge in [-0.3, -0.25) is 5.26 Å². The monoisotopic (exact) mass is 166 g/mol. The van der Waals surface area contributed by atoms with Gasteiger partial charge in [0, 0.05) is 8.81 Å². The van der Waals surface area contributed by atoms with Crippen molar-refractivity contribution in [1.82, 2.24) is 0 Å². The Morgan fingerprint density at radius 2 is 2.30 bits per heavy atom. The van der Waals surface area contributed by atoms with Crippen molar-refractivity contribution in [1.29, 1.82) is 0 Å². The molecule has 0 rings (SSSR count). The van der Waals surface area contributed by atoms with E-state index >= 15 is 0 Å². The summed E-state index contributed by atoms with van der Waals surface area (Å²) >= 11 is 0. The van der Waals surface area contributed by atoms with E-state index < -0.39 is 7.32 Å². The molecular formula is C4H12BO4P. The summed E-state index contributed by atoms with van der Waals surface area (Å²) < 4.78 is 4.60. The highest BCUT2D eigenvalue weighted by Gasteiger charge is 2.13. The van der Waals surface area contributed by atoms with Crippen molar-refractivity contribution in [2.24, 2.45) is 0 Å². The molecule has 1 unspecified atom stereocenters. The molecule has 0 aliphatic heterocycles. The summed E-state index contributed by atoms with van der Waals surface area (Å²) in [5, 5.41) is 16.3. The van der Waals surface area contributed by atoms with Gasteiger partial charge in [0.05, 0.1) is 0 Å². The topological polar surface area (TPSA) is 58.9 Å². The van der Waals surface area contributed by atoms with E-state index in [0.29, 0.717) is 0 Å². The van der Waals surface area contributed by atoms with Crippen molar-refractivity contribution in [2.75, 3.05) is 6.16 Å². The molecule has 0 spiro atoms. The van der Waals surface area contributed by atoms with E-state index in [2.05, 4.69) is 16.2 Å². The first-order valence-corrected chi connectivity index (χ1v) is 4.29. The molecule has 0 amide bonds. The molecule has 0 aromatic carbocycles. The van der Waals surface area contributed by atoms with Crippen molar-refractivity contribution in [3.05, 3.63) is 0 Å². The van der Waals surface area contributed by atoms with Gasteiger partial charge in [-0.1, -0.05) is 13.3 Å². The second kappa shape index (κ2) is 7.44. The summed E-state index contributed by atoms with van der Waals surface area (Å²) in [4.78, 5) is 3.47. The van der Waals surface area contributed by atoms with Crippen LogP contribution in [-0.2, 0) is 9.25 Å². The highest BCUT2D eigenvalue weighted by molar-refractivity contribution is 7.33. The van der Waals surface area contributed by atoms with Gasteiger partial charge >= 0.3 is 7.32 Å². The maximum atomic E-state index is 8.47. The average Bonchev–Trinajstić information content (AvgIpc) is 1.98. The zero-order chi connectivity index (χ0) is 7.82. The molecule has 0 aliphatic carbocycles. The van der Waals surface area contributed by atoms with E-state index in [-0.39, 0.29) is 8.81 Å². The maximum absolute atomic E-state index is 8.47. The first-order valence-electron chi connectivity index (χ1n) is 3.18. The van der Waals surface area contributed by atoms with Crippen molar-refractivity contribution < 1.29 is 19.5 Å². The van der Waals surface area contributed by atoms with E-state index in [4.69, 9.17) is 10.3 Å². The molecule has 0 bridgehead atoms. The minimum atomic E-state index is -1.48. The number of hydrogen-bond acceptors (Lipinski definition) is 4. The predicted molar refractivity (Wildman–Crippen MR) is 40.9 cm³/mol. The fraction of sp³-hybridized carbons (Fsp3) is 1.00. The normalized spacial score (nSPS) is 11.1. The van der Waals surface area contributed by atoms with Crippen LogP contribution in [0.25, 0.3) is 0 Å². The molecule has 0 saturated heterocycles. The Kier molecular flexibility index (Phi) is 7.69. The molecule has 2 N–H and O–H groups in total. The highest BCUT2D eigenvalue weighted by atomic mass is 31.1. The van der Waals surface area contributed by atoms with Gasteiger partial charge < -0.3 is 9.47 Å². The minimum absolute atomic E-state index is 0.191. The minimum Gasteiger partial charge on any atom is -0.400 e. The zero-order valence-electron chi connectivity index (χ0n) is 5.91. The van der Waals surface area contributed by atoms with E-state index in [1.54, 1.807) is 0 Å². The van der Waals surface area contributed by atoms with Gasteiger partial charge in [-0.05, 0) is 12.6 Å². The lowest BCUT2D eigenvalue weighted by Gasteiger charge is -2.01. The second-order valence-electron chi connectivity index (χ2n) is 1.78. The Balaban J connectivity index is 2.89. The summed E-state index contributed by atoms with van der Waals surface area (Å²) in [6.45, 7) is 2.07. The van der Waals surface area contributed by atoms with Crippen LogP contribution in [0.5, 0.6) is 0 Å². The summed E-state index contributed by atoms with van der Waals surface area (Å²) in [5.41, 5.74) is 0. The number of hydrogen-bond donors (Lipinski definition) is 2. The molecule has 10 heavy (non-hydrogen) atoms. The maximum Gasteiger partial charge on any atom is 0.668 e. The van der Waals surface area contributed by atoms with E-state index in [1.165, 1.54) is 0 Å². The van der Waals surface area contributed by atoms with Crippen molar-refractivity contribution in [3.63, 3.8) is 0 Å². The molecule has 0 heterocycles. The number of rotatable bonds is 6. The first-order chi connectivity index (χ1) is 4.81. The molecule has 1 atom stereocenters. The summed E-state index contributed by atoms with van der Waals surface area (Å²) in [6.07, 6.45) is 3.07. The Morgan fingerprint density at radius 3 is 2.80 bits per heavy atom. The van der Waals surface area contributed by atoms with Gasteiger partial charge in [-0.2, -0.15) is 0 Å². The van der Waals surface area contributed by atoms with Gasteiger partial charge in [-0.25, -0.2) is 4.81 Å². The van der Waals surface area contributed by atoms with Crippen LogP contribution in [0.4, 0.5) is 0 Å². The molecule has 0 aromatic heterocycles. The molecule has 4 nitrogen and oxygen atoms in total. The zero-order valence-corrected chi connectivity index (χ0v) is 6.91. The third-order valence-electron chi connectivity index (χ3n) is 0.907. The highest BCUT2D eigenvalue weighted by Crippen LogP contribution is 2.14. The van der Waals surface area contributed by atoms with E-state index in [1.807, 2.05) is 0 Å². The summed E-state index contributed by atoms with van der Waals surface area (Å²) in [7, 11) is -1.29. The molecule has 0 radical (unpaired) electrons. The second-order valence-corrected chi connectivity index (χ2v) is 2.80. The fourth-order valence-electron chi connectivity index (χ4n) is 0.401. The van der Waals surface area contributed by atoms with Crippen LogP contribution < -0.4 is 0 Å². The lowest BCUT2D eigenvalue weighted by Crippen LogP contribution is -2.16. The van der Waals surface area contributed by atoms with Gasteiger partial charge in [0.1, 0.15) is 0 Å². The Labute approximate surface area is 62.5 Å². The largest absolute Gasteiger partial charge is 0.668 e. The van der Waals surface area contributed by atoms with E-state index in [9.17, 15) is 0 Å². The smallest absolute Gasteiger partial charge is 0.400 e. The first kappa shape index (κ1) is 10.3. The fourth-order valence-corrected chi connectivity index (χ4v) is 1.20.